The number of benzene rings is 2. The summed E-state index contributed by atoms with van der Waals surface area (Å²) in [5.74, 6) is 0.762. The van der Waals surface area contributed by atoms with Crippen molar-refractivity contribution >= 4 is 22.8 Å². The number of aromatic nitrogens is 3. The number of nitrogens with one attached hydrogen (secondary N) is 3. The van der Waals surface area contributed by atoms with Crippen molar-refractivity contribution in [1.29, 1.82) is 0 Å². The molecular weight excluding hydrogens is 391 g/mol. The number of carbonyl (C=O) groups excluding carboxylic acids is 1. The van der Waals surface area contributed by atoms with Gasteiger partial charge in [0.25, 0.3) is 5.91 Å². The Morgan fingerprint density at radius 1 is 1.13 bits per heavy atom. The molecule has 2 aromatic heterocycles. The minimum Gasteiger partial charge on any atom is -0.463 e. The third kappa shape index (κ3) is 4.00. The molecule has 8 nitrogen and oxygen atoms in total. The van der Waals surface area contributed by atoms with Crippen LogP contribution in [0.25, 0.3) is 11.2 Å². The van der Waals surface area contributed by atoms with E-state index in [2.05, 4.69) is 20.3 Å². The predicted molar refractivity (Wildman–Crippen MR) is 109 cm³/mol. The van der Waals surface area contributed by atoms with Crippen LogP contribution in [-0.4, -0.2) is 27.7 Å². The van der Waals surface area contributed by atoms with Crippen LogP contribution in [0.15, 0.2) is 59.5 Å². The maximum atomic E-state index is 12.6. The van der Waals surface area contributed by atoms with Crippen LogP contribution in [0.2, 0.25) is 0 Å². The van der Waals surface area contributed by atoms with Gasteiger partial charge in [-0.05, 0) is 36.8 Å². The molecule has 152 valence electrons. The Hall–Kier alpha value is -4.14. The van der Waals surface area contributed by atoms with Crippen LogP contribution in [-0.2, 0) is 0 Å². The lowest BCUT2D eigenvalue weighted by Crippen LogP contribution is -2.13. The van der Waals surface area contributed by atoms with Crippen molar-refractivity contribution in [3.63, 3.8) is 0 Å². The second kappa shape index (κ2) is 8.08. The molecule has 9 heteroatoms. The lowest BCUT2D eigenvalue weighted by Gasteiger charge is -2.12. The van der Waals surface area contributed by atoms with Crippen LogP contribution in [0.1, 0.15) is 15.9 Å². The van der Waals surface area contributed by atoms with Crippen molar-refractivity contribution in [2.24, 2.45) is 0 Å². The number of alkyl halides is 1. The van der Waals surface area contributed by atoms with Gasteiger partial charge in [-0.2, -0.15) is 0 Å². The summed E-state index contributed by atoms with van der Waals surface area (Å²) in [4.78, 5) is 33.4. The number of aromatic amines is 2. The summed E-state index contributed by atoms with van der Waals surface area (Å²) < 4.78 is 23.1. The van der Waals surface area contributed by atoms with Gasteiger partial charge in [0.15, 0.2) is 11.4 Å². The first-order valence-electron chi connectivity index (χ1n) is 8.99. The lowest BCUT2D eigenvalue weighted by molar-refractivity contribution is 0.102. The number of aryl methyl sites for hydroxylation is 1. The zero-order valence-electron chi connectivity index (χ0n) is 15.9. The summed E-state index contributed by atoms with van der Waals surface area (Å²) in [5.41, 5.74) is 2.13. The van der Waals surface area contributed by atoms with E-state index < -0.39 is 6.86 Å². The monoisotopic (exact) mass is 408 g/mol. The van der Waals surface area contributed by atoms with Crippen LogP contribution >= 0.6 is 0 Å². The number of nitrogens with zero attached hydrogens (tertiary/aromatic N) is 1. The van der Waals surface area contributed by atoms with Gasteiger partial charge in [-0.25, -0.2) is 14.2 Å². The van der Waals surface area contributed by atoms with E-state index in [-0.39, 0.29) is 17.3 Å². The molecule has 0 saturated heterocycles. The number of fused-ring (bicyclic) bond motifs is 1. The fraction of sp³-hybridized carbons (Fsp3) is 0.0952. The predicted octanol–water partition coefficient (Wildman–Crippen LogP) is 3.91. The molecule has 4 rings (SSSR count). The summed E-state index contributed by atoms with van der Waals surface area (Å²) in [6.07, 6.45) is 1.52. The van der Waals surface area contributed by atoms with E-state index in [9.17, 15) is 14.0 Å². The summed E-state index contributed by atoms with van der Waals surface area (Å²) in [6.45, 7) is 0.870. The van der Waals surface area contributed by atoms with Crippen molar-refractivity contribution < 1.29 is 18.7 Å². The van der Waals surface area contributed by atoms with Crippen molar-refractivity contribution in [3.8, 4) is 17.2 Å². The van der Waals surface area contributed by atoms with Gasteiger partial charge in [-0.1, -0.05) is 12.1 Å². The molecule has 0 saturated carbocycles. The molecule has 30 heavy (non-hydrogen) atoms. The van der Waals surface area contributed by atoms with E-state index in [1.807, 2.05) is 6.92 Å². The molecule has 2 heterocycles. The van der Waals surface area contributed by atoms with Gasteiger partial charge in [0, 0.05) is 29.6 Å². The van der Waals surface area contributed by atoms with Crippen molar-refractivity contribution in [2.45, 2.75) is 6.92 Å². The Balaban J connectivity index is 1.58. The van der Waals surface area contributed by atoms with E-state index in [1.54, 1.807) is 42.5 Å². The summed E-state index contributed by atoms with van der Waals surface area (Å²) in [6, 6.07) is 13.1. The van der Waals surface area contributed by atoms with Gasteiger partial charge < -0.3 is 19.8 Å². The number of carbonyl (C=O) groups is 1. The first-order chi connectivity index (χ1) is 14.5. The molecule has 0 aliphatic carbocycles. The van der Waals surface area contributed by atoms with Gasteiger partial charge in [0.05, 0.1) is 0 Å². The zero-order chi connectivity index (χ0) is 21.1. The second-order valence-corrected chi connectivity index (χ2v) is 6.43. The SMILES string of the molecule is Cc1ccc(Oc2ccnc3[nH]c(=O)[nH]c23)cc1NC(=O)c1cccc(OCF)c1. The van der Waals surface area contributed by atoms with Crippen LogP contribution in [0.5, 0.6) is 17.2 Å². The van der Waals surface area contributed by atoms with Crippen LogP contribution < -0.4 is 20.5 Å². The van der Waals surface area contributed by atoms with Gasteiger partial charge >= 0.3 is 5.69 Å². The average molecular weight is 408 g/mol. The Morgan fingerprint density at radius 3 is 2.83 bits per heavy atom. The largest absolute Gasteiger partial charge is 0.463 e. The maximum absolute atomic E-state index is 12.6. The highest BCUT2D eigenvalue weighted by atomic mass is 19.1. The van der Waals surface area contributed by atoms with Crippen LogP contribution in [0.3, 0.4) is 0 Å². The number of halogens is 1. The number of ether oxygens (including phenoxy) is 2. The molecule has 0 spiro atoms. The van der Waals surface area contributed by atoms with Crippen molar-refractivity contribution in [2.75, 3.05) is 12.2 Å². The highest BCUT2D eigenvalue weighted by Gasteiger charge is 2.12. The molecular formula is C21H17FN4O4. The number of rotatable bonds is 6. The first kappa shape index (κ1) is 19.2. The molecule has 0 atom stereocenters. The van der Waals surface area contributed by atoms with Crippen LogP contribution in [0.4, 0.5) is 10.1 Å². The van der Waals surface area contributed by atoms with Gasteiger partial charge in [0.1, 0.15) is 17.0 Å². The second-order valence-electron chi connectivity index (χ2n) is 6.43. The van der Waals surface area contributed by atoms with E-state index >= 15 is 0 Å². The normalized spacial score (nSPS) is 10.7. The Kier molecular flexibility index (Phi) is 5.17. The number of pyridine rings is 1. The molecule has 0 unspecified atom stereocenters. The zero-order valence-corrected chi connectivity index (χ0v) is 15.9. The standard InChI is InChI=1S/C21H17FN4O4/c1-12-5-6-15(30-17-7-8-23-19-18(17)25-21(28)26-19)10-16(12)24-20(27)13-3-2-4-14(9-13)29-11-22/h2-10H,11H2,1H3,(H,24,27)(H2,23,25,26,28). The highest BCUT2D eigenvalue weighted by molar-refractivity contribution is 6.05. The fourth-order valence-corrected chi connectivity index (χ4v) is 2.91. The molecule has 0 radical (unpaired) electrons. The number of hydrogen-bond donors (Lipinski definition) is 3. The topological polar surface area (TPSA) is 109 Å². The number of anilines is 1. The molecule has 0 aliphatic heterocycles. The third-order valence-corrected chi connectivity index (χ3v) is 4.39. The van der Waals surface area contributed by atoms with E-state index in [0.29, 0.717) is 33.9 Å². The Bertz CT molecular complexity index is 1280. The molecule has 1 amide bonds. The van der Waals surface area contributed by atoms with Crippen molar-refractivity contribution in [1.82, 2.24) is 15.0 Å². The molecule has 2 aromatic carbocycles. The minimum absolute atomic E-state index is 0.265. The van der Waals surface area contributed by atoms with Gasteiger partial charge in [0.2, 0.25) is 6.86 Å². The van der Waals surface area contributed by atoms with Gasteiger partial charge in [-0.3, -0.25) is 9.78 Å². The summed E-state index contributed by atoms with van der Waals surface area (Å²) >= 11 is 0. The minimum atomic E-state index is -0.974. The highest BCUT2D eigenvalue weighted by Crippen LogP contribution is 2.29. The summed E-state index contributed by atoms with van der Waals surface area (Å²) in [5, 5.41) is 2.82. The molecule has 3 N–H and O–H groups in total. The van der Waals surface area contributed by atoms with Crippen molar-refractivity contribution in [3.05, 3.63) is 76.3 Å². The quantitative estimate of drug-likeness (QED) is 0.448. The molecule has 4 aromatic rings. The average Bonchev–Trinajstić information content (AvgIpc) is 3.12. The lowest BCUT2D eigenvalue weighted by atomic mass is 10.1. The number of amides is 1. The number of imidazole rings is 1. The van der Waals surface area contributed by atoms with E-state index in [4.69, 9.17) is 9.47 Å². The molecule has 0 aliphatic rings. The number of hydrogen-bond acceptors (Lipinski definition) is 5. The molecule has 0 fully saturated rings. The maximum Gasteiger partial charge on any atom is 0.325 e. The van der Waals surface area contributed by atoms with E-state index in [0.717, 1.165) is 5.56 Å². The third-order valence-electron chi connectivity index (χ3n) is 4.39. The summed E-state index contributed by atoms with van der Waals surface area (Å²) in [7, 11) is 0. The van der Waals surface area contributed by atoms with Gasteiger partial charge in [-0.15, -0.1) is 0 Å². The first-order valence-corrected chi connectivity index (χ1v) is 8.99. The molecule has 0 bridgehead atoms. The number of H-pyrrole nitrogens is 2. The van der Waals surface area contributed by atoms with Crippen LogP contribution in [0, 0.1) is 6.92 Å². The Morgan fingerprint density at radius 2 is 2.00 bits per heavy atom. The Labute approximate surface area is 169 Å². The fourth-order valence-electron chi connectivity index (χ4n) is 2.91. The smallest absolute Gasteiger partial charge is 0.325 e. The van der Waals surface area contributed by atoms with E-state index in [1.165, 1.54) is 12.3 Å².